The van der Waals surface area contributed by atoms with Crippen molar-refractivity contribution < 1.29 is 9.59 Å². The maximum absolute atomic E-state index is 11.4. The second kappa shape index (κ2) is 6.16. The van der Waals surface area contributed by atoms with E-state index in [0.717, 1.165) is 12.8 Å². The van der Waals surface area contributed by atoms with Crippen molar-refractivity contribution in [3.63, 3.8) is 0 Å². The van der Waals surface area contributed by atoms with Gasteiger partial charge in [-0.25, -0.2) is 0 Å². The number of rotatable bonds is 4. The lowest BCUT2D eigenvalue weighted by atomic mass is 9.95. The molecular weight excluding hydrogens is 210 g/mol. The molecule has 0 saturated heterocycles. The largest absolute Gasteiger partial charge is 0.353 e. The van der Waals surface area contributed by atoms with Gasteiger partial charge in [0, 0.05) is 11.3 Å². The highest BCUT2D eigenvalue weighted by atomic mass is 32.2. The molecule has 0 aromatic carbocycles. The van der Waals surface area contributed by atoms with Crippen LogP contribution in [0.1, 0.15) is 39.0 Å². The van der Waals surface area contributed by atoms with Crippen molar-refractivity contribution in [2.24, 2.45) is 0 Å². The molecule has 1 fully saturated rings. The number of hydrogen-bond donors (Lipinski definition) is 1. The summed E-state index contributed by atoms with van der Waals surface area (Å²) in [5.41, 5.74) is 0. The standard InChI is InChI=1S/C11H19NO2S/c1-8(13)6-11(14)12-9-4-3-5-10(7-9)15-2/h9-10H,3-7H2,1-2H3,(H,12,14). The minimum Gasteiger partial charge on any atom is -0.353 e. The van der Waals surface area contributed by atoms with E-state index in [2.05, 4.69) is 11.6 Å². The van der Waals surface area contributed by atoms with Crippen LogP contribution in [0.5, 0.6) is 0 Å². The molecular formula is C11H19NO2S. The molecule has 0 aromatic heterocycles. The van der Waals surface area contributed by atoms with Gasteiger partial charge in [0.1, 0.15) is 5.78 Å². The summed E-state index contributed by atoms with van der Waals surface area (Å²) in [5.74, 6) is -0.182. The molecule has 0 heterocycles. The van der Waals surface area contributed by atoms with Gasteiger partial charge in [0.05, 0.1) is 6.42 Å². The highest BCUT2D eigenvalue weighted by molar-refractivity contribution is 7.99. The fourth-order valence-corrected chi connectivity index (χ4v) is 2.82. The maximum atomic E-state index is 11.4. The zero-order chi connectivity index (χ0) is 11.3. The molecule has 0 spiro atoms. The Morgan fingerprint density at radius 1 is 1.40 bits per heavy atom. The third kappa shape index (κ3) is 4.69. The van der Waals surface area contributed by atoms with Gasteiger partial charge in [-0.2, -0.15) is 11.8 Å². The van der Waals surface area contributed by atoms with Crippen LogP contribution in [0.2, 0.25) is 0 Å². The number of nitrogens with one attached hydrogen (secondary N) is 1. The summed E-state index contributed by atoms with van der Waals surface area (Å²) in [5, 5.41) is 3.61. The second-order valence-corrected chi connectivity index (χ2v) is 5.31. The molecule has 3 nitrogen and oxygen atoms in total. The second-order valence-electron chi connectivity index (χ2n) is 4.17. The zero-order valence-electron chi connectivity index (χ0n) is 9.41. The van der Waals surface area contributed by atoms with E-state index in [9.17, 15) is 9.59 Å². The van der Waals surface area contributed by atoms with E-state index in [1.54, 1.807) is 0 Å². The maximum Gasteiger partial charge on any atom is 0.227 e. The Morgan fingerprint density at radius 3 is 2.73 bits per heavy atom. The quantitative estimate of drug-likeness (QED) is 0.747. The lowest BCUT2D eigenvalue weighted by molar-refractivity contribution is -0.127. The van der Waals surface area contributed by atoms with Crippen LogP contribution in [0.15, 0.2) is 0 Å². The molecule has 0 bridgehead atoms. The predicted octanol–water partition coefficient (Wildman–Crippen LogP) is 1.76. The Bertz CT molecular complexity index is 243. The molecule has 2 unspecified atom stereocenters. The fourth-order valence-electron chi connectivity index (χ4n) is 1.99. The number of carbonyl (C=O) groups excluding carboxylic acids is 2. The predicted molar refractivity (Wildman–Crippen MR) is 63.0 cm³/mol. The average Bonchev–Trinajstić information content (AvgIpc) is 2.16. The molecule has 0 aliphatic heterocycles. The van der Waals surface area contributed by atoms with Crippen LogP contribution in [-0.2, 0) is 9.59 Å². The van der Waals surface area contributed by atoms with Crippen LogP contribution >= 0.6 is 11.8 Å². The van der Waals surface area contributed by atoms with E-state index < -0.39 is 0 Å². The molecule has 1 rings (SSSR count). The number of carbonyl (C=O) groups is 2. The van der Waals surface area contributed by atoms with Gasteiger partial charge in [0.2, 0.25) is 5.91 Å². The van der Waals surface area contributed by atoms with Gasteiger partial charge in [-0.05, 0) is 32.4 Å². The van der Waals surface area contributed by atoms with Crippen molar-refractivity contribution in [2.45, 2.75) is 50.3 Å². The number of Topliss-reactive ketones (excluding diaryl/α,β-unsaturated/α-hetero) is 1. The van der Waals surface area contributed by atoms with E-state index >= 15 is 0 Å². The molecule has 1 N–H and O–H groups in total. The van der Waals surface area contributed by atoms with E-state index in [0.29, 0.717) is 5.25 Å². The summed E-state index contributed by atoms with van der Waals surface area (Å²) in [6.45, 7) is 1.45. The summed E-state index contributed by atoms with van der Waals surface area (Å²) in [6, 6.07) is 0.281. The van der Waals surface area contributed by atoms with Crippen LogP contribution in [-0.4, -0.2) is 29.2 Å². The normalized spacial score (nSPS) is 26.0. The van der Waals surface area contributed by atoms with Gasteiger partial charge in [-0.3, -0.25) is 9.59 Å². The first kappa shape index (κ1) is 12.6. The Morgan fingerprint density at radius 2 is 2.13 bits per heavy atom. The molecule has 86 valence electrons. The third-order valence-corrected chi connectivity index (χ3v) is 3.83. The van der Waals surface area contributed by atoms with Gasteiger partial charge in [-0.1, -0.05) is 6.42 Å². The first-order valence-electron chi connectivity index (χ1n) is 5.43. The number of ketones is 1. The number of thioether (sulfide) groups is 1. The SMILES string of the molecule is CSC1CCCC(NC(=O)CC(C)=O)C1. The van der Waals surface area contributed by atoms with E-state index in [1.807, 2.05) is 11.8 Å². The van der Waals surface area contributed by atoms with Crippen molar-refractivity contribution in [1.29, 1.82) is 0 Å². The van der Waals surface area contributed by atoms with E-state index in [4.69, 9.17) is 0 Å². The minimum absolute atomic E-state index is 0.0282. The van der Waals surface area contributed by atoms with Crippen molar-refractivity contribution >= 4 is 23.5 Å². The van der Waals surface area contributed by atoms with Crippen LogP contribution in [0.4, 0.5) is 0 Å². The number of hydrogen-bond acceptors (Lipinski definition) is 3. The number of amides is 1. The van der Waals surface area contributed by atoms with Crippen LogP contribution < -0.4 is 5.32 Å². The summed E-state index contributed by atoms with van der Waals surface area (Å²) < 4.78 is 0. The first-order chi connectivity index (χ1) is 7.11. The molecule has 0 radical (unpaired) electrons. The van der Waals surface area contributed by atoms with Crippen LogP contribution in [0, 0.1) is 0 Å². The summed E-state index contributed by atoms with van der Waals surface area (Å²) >= 11 is 1.87. The molecule has 1 aliphatic rings. The van der Waals surface area contributed by atoms with E-state index in [1.165, 1.54) is 19.8 Å². The highest BCUT2D eigenvalue weighted by Gasteiger charge is 2.22. The molecule has 1 aliphatic carbocycles. The smallest absolute Gasteiger partial charge is 0.227 e. The van der Waals surface area contributed by atoms with E-state index in [-0.39, 0.29) is 24.2 Å². The summed E-state index contributed by atoms with van der Waals surface area (Å²) in [6.07, 6.45) is 6.67. The zero-order valence-corrected chi connectivity index (χ0v) is 10.2. The summed E-state index contributed by atoms with van der Waals surface area (Å²) in [7, 11) is 0. The van der Waals surface area contributed by atoms with Crippen molar-refractivity contribution in [1.82, 2.24) is 5.32 Å². The molecule has 1 amide bonds. The van der Waals surface area contributed by atoms with Crippen LogP contribution in [0.3, 0.4) is 0 Å². The molecule has 15 heavy (non-hydrogen) atoms. The molecule has 4 heteroatoms. The minimum atomic E-state index is -0.116. The lowest BCUT2D eigenvalue weighted by Gasteiger charge is -2.28. The van der Waals surface area contributed by atoms with Crippen molar-refractivity contribution in [3.05, 3.63) is 0 Å². The monoisotopic (exact) mass is 229 g/mol. The fraction of sp³-hybridized carbons (Fsp3) is 0.818. The topological polar surface area (TPSA) is 46.2 Å². The Kier molecular flexibility index (Phi) is 5.15. The lowest BCUT2D eigenvalue weighted by Crippen LogP contribution is -2.39. The average molecular weight is 229 g/mol. The summed E-state index contributed by atoms with van der Waals surface area (Å²) in [4.78, 5) is 22.1. The third-order valence-electron chi connectivity index (χ3n) is 2.73. The Labute approximate surface area is 95.4 Å². The Balaban J connectivity index is 2.31. The highest BCUT2D eigenvalue weighted by Crippen LogP contribution is 2.26. The molecule has 0 aromatic rings. The van der Waals surface area contributed by atoms with Crippen molar-refractivity contribution in [2.75, 3.05) is 6.26 Å². The Hall–Kier alpha value is -0.510. The van der Waals surface area contributed by atoms with Gasteiger partial charge in [0.25, 0.3) is 0 Å². The van der Waals surface area contributed by atoms with Gasteiger partial charge in [0.15, 0.2) is 0 Å². The molecule has 1 saturated carbocycles. The van der Waals surface area contributed by atoms with Crippen molar-refractivity contribution in [3.8, 4) is 0 Å². The molecule has 2 atom stereocenters. The van der Waals surface area contributed by atoms with Gasteiger partial charge >= 0.3 is 0 Å². The van der Waals surface area contributed by atoms with Gasteiger partial charge < -0.3 is 5.32 Å². The first-order valence-corrected chi connectivity index (χ1v) is 6.72. The van der Waals surface area contributed by atoms with Crippen LogP contribution in [0.25, 0.3) is 0 Å². The van der Waals surface area contributed by atoms with Gasteiger partial charge in [-0.15, -0.1) is 0 Å².